The Kier molecular flexibility index (Phi) is 4.58. The molecule has 2 aliphatic heterocycles. The van der Waals surface area contributed by atoms with Crippen LogP contribution in [-0.2, 0) is 4.79 Å². The molecule has 1 fully saturated rings. The molecular weight excluding hydrogens is 348 g/mol. The fourth-order valence-electron chi connectivity index (χ4n) is 3.30. The van der Waals surface area contributed by atoms with E-state index < -0.39 is 0 Å². The summed E-state index contributed by atoms with van der Waals surface area (Å²) in [7, 11) is 1.58. The van der Waals surface area contributed by atoms with Gasteiger partial charge in [0.15, 0.2) is 11.5 Å². The van der Waals surface area contributed by atoms with Crippen molar-refractivity contribution in [3.63, 3.8) is 0 Å². The summed E-state index contributed by atoms with van der Waals surface area (Å²) >= 11 is 0. The molecule has 2 aliphatic rings. The number of methoxy groups -OCH3 is 1. The predicted molar refractivity (Wildman–Crippen MR) is 98.4 cm³/mol. The van der Waals surface area contributed by atoms with E-state index in [1.54, 1.807) is 36.3 Å². The van der Waals surface area contributed by atoms with Crippen molar-refractivity contribution in [3.8, 4) is 17.2 Å². The number of hydrogen-bond acceptors (Lipinski definition) is 5. The Morgan fingerprint density at radius 3 is 2.74 bits per heavy atom. The molecule has 4 rings (SSSR count). The van der Waals surface area contributed by atoms with Crippen molar-refractivity contribution in [2.24, 2.45) is 5.92 Å². The average molecular weight is 368 g/mol. The van der Waals surface area contributed by atoms with Crippen molar-refractivity contribution in [3.05, 3.63) is 48.0 Å². The van der Waals surface area contributed by atoms with Crippen molar-refractivity contribution in [2.75, 3.05) is 31.9 Å². The Morgan fingerprint density at radius 2 is 1.96 bits per heavy atom. The molecule has 0 aromatic heterocycles. The number of benzene rings is 2. The van der Waals surface area contributed by atoms with Gasteiger partial charge in [-0.05, 0) is 36.4 Å². The van der Waals surface area contributed by atoms with Gasteiger partial charge in [-0.1, -0.05) is 0 Å². The number of anilines is 1. The van der Waals surface area contributed by atoms with Gasteiger partial charge in [0.25, 0.3) is 5.91 Å². The number of rotatable bonds is 5. The van der Waals surface area contributed by atoms with E-state index >= 15 is 0 Å². The van der Waals surface area contributed by atoms with Gasteiger partial charge < -0.3 is 24.4 Å². The summed E-state index contributed by atoms with van der Waals surface area (Å²) < 4.78 is 15.8. The van der Waals surface area contributed by atoms with Crippen molar-refractivity contribution in [1.82, 2.24) is 5.32 Å². The first kappa shape index (κ1) is 17.2. The van der Waals surface area contributed by atoms with Gasteiger partial charge in [-0.15, -0.1) is 0 Å². The standard InChI is InChI=1S/C20H20N2O5/c1-25-16-5-2-14(3-6-16)20(24)21-10-13-8-19(23)22(11-13)15-4-7-17-18(9-15)27-12-26-17/h2-7,9,13H,8,10-12H2,1H3,(H,21,24). The van der Waals surface area contributed by atoms with E-state index in [0.29, 0.717) is 42.3 Å². The van der Waals surface area contributed by atoms with Crippen LogP contribution < -0.4 is 24.4 Å². The van der Waals surface area contributed by atoms with Gasteiger partial charge in [0, 0.05) is 42.7 Å². The van der Waals surface area contributed by atoms with Crippen LogP contribution in [0.25, 0.3) is 0 Å². The maximum atomic E-state index is 12.4. The number of fused-ring (bicyclic) bond motifs is 1. The molecule has 1 saturated heterocycles. The van der Waals surface area contributed by atoms with Crippen LogP contribution in [0.5, 0.6) is 17.2 Å². The van der Waals surface area contributed by atoms with Crippen molar-refractivity contribution in [1.29, 1.82) is 0 Å². The molecule has 2 aromatic rings. The Labute approximate surface area is 156 Å². The van der Waals surface area contributed by atoms with Gasteiger partial charge in [-0.25, -0.2) is 0 Å². The van der Waals surface area contributed by atoms with E-state index in [4.69, 9.17) is 14.2 Å². The Balaban J connectivity index is 1.35. The lowest BCUT2D eigenvalue weighted by Crippen LogP contribution is -2.31. The number of amides is 2. The molecule has 0 bridgehead atoms. The summed E-state index contributed by atoms with van der Waals surface area (Å²) in [5.41, 5.74) is 1.35. The number of carbonyl (C=O) groups is 2. The summed E-state index contributed by atoms with van der Waals surface area (Å²) in [5, 5.41) is 2.91. The van der Waals surface area contributed by atoms with Crippen LogP contribution in [0.2, 0.25) is 0 Å². The number of nitrogens with zero attached hydrogens (tertiary/aromatic N) is 1. The topological polar surface area (TPSA) is 77.1 Å². The second-order valence-electron chi connectivity index (χ2n) is 6.55. The fraction of sp³-hybridized carbons (Fsp3) is 0.300. The van der Waals surface area contributed by atoms with E-state index in [1.807, 2.05) is 18.2 Å². The molecule has 2 heterocycles. The Morgan fingerprint density at radius 1 is 1.19 bits per heavy atom. The minimum atomic E-state index is -0.161. The monoisotopic (exact) mass is 368 g/mol. The number of ether oxygens (including phenoxy) is 3. The highest BCUT2D eigenvalue weighted by Gasteiger charge is 2.31. The molecule has 0 aliphatic carbocycles. The van der Waals surface area contributed by atoms with Crippen LogP contribution in [0.4, 0.5) is 5.69 Å². The molecule has 2 aromatic carbocycles. The smallest absolute Gasteiger partial charge is 0.251 e. The normalized spacial score (nSPS) is 17.9. The molecule has 7 heteroatoms. The lowest BCUT2D eigenvalue weighted by Gasteiger charge is -2.17. The number of nitrogens with one attached hydrogen (secondary N) is 1. The van der Waals surface area contributed by atoms with Gasteiger partial charge in [-0.2, -0.15) is 0 Å². The van der Waals surface area contributed by atoms with Crippen molar-refractivity contribution < 1.29 is 23.8 Å². The predicted octanol–water partition coefficient (Wildman–Crippen LogP) is 2.21. The zero-order valence-corrected chi connectivity index (χ0v) is 14.9. The minimum Gasteiger partial charge on any atom is -0.497 e. The fourth-order valence-corrected chi connectivity index (χ4v) is 3.30. The highest BCUT2D eigenvalue weighted by Crippen LogP contribution is 2.37. The van der Waals surface area contributed by atoms with E-state index in [2.05, 4.69) is 5.32 Å². The highest BCUT2D eigenvalue weighted by atomic mass is 16.7. The summed E-state index contributed by atoms with van der Waals surface area (Å²) in [6, 6.07) is 12.4. The first-order chi connectivity index (χ1) is 13.1. The Hall–Kier alpha value is -3.22. The minimum absolute atomic E-state index is 0.0394. The van der Waals surface area contributed by atoms with E-state index in [9.17, 15) is 9.59 Å². The maximum absolute atomic E-state index is 12.4. The molecule has 140 valence electrons. The van der Waals surface area contributed by atoms with Crippen molar-refractivity contribution >= 4 is 17.5 Å². The molecule has 0 spiro atoms. The van der Waals surface area contributed by atoms with E-state index in [-0.39, 0.29) is 24.5 Å². The van der Waals surface area contributed by atoms with Crippen LogP contribution in [0.15, 0.2) is 42.5 Å². The van der Waals surface area contributed by atoms with Gasteiger partial charge in [0.1, 0.15) is 5.75 Å². The zero-order valence-electron chi connectivity index (χ0n) is 14.9. The van der Waals surface area contributed by atoms with Gasteiger partial charge in [0.2, 0.25) is 12.7 Å². The van der Waals surface area contributed by atoms with Crippen LogP contribution >= 0.6 is 0 Å². The molecule has 0 radical (unpaired) electrons. The van der Waals surface area contributed by atoms with Gasteiger partial charge in [-0.3, -0.25) is 9.59 Å². The molecule has 7 nitrogen and oxygen atoms in total. The maximum Gasteiger partial charge on any atom is 0.251 e. The number of carbonyl (C=O) groups excluding carboxylic acids is 2. The quantitative estimate of drug-likeness (QED) is 0.876. The Bertz CT molecular complexity index is 865. The molecule has 27 heavy (non-hydrogen) atoms. The average Bonchev–Trinajstić information content (AvgIpc) is 3.31. The summed E-state index contributed by atoms with van der Waals surface area (Å²) in [4.78, 5) is 26.4. The van der Waals surface area contributed by atoms with Gasteiger partial charge in [0.05, 0.1) is 7.11 Å². The van der Waals surface area contributed by atoms with Crippen LogP contribution in [-0.4, -0.2) is 38.8 Å². The summed E-state index contributed by atoms with van der Waals surface area (Å²) in [6.45, 7) is 1.20. The largest absolute Gasteiger partial charge is 0.497 e. The lowest BCUT2D eigenvalue weighted by atomic mass is 10.1. The SMILES string of the molecule is COc1ccc(C(=O)NCC2CC(=O)N(c3ccc4c(c3)OCO4)C2)cc1. The van der Waals surface area contributed by atoms with Crippen LogP contribution in [0.3, 0.4) is 0 Å². The lowest BCUT2D eigenvalue weighted by molar-refractivity contribution is -0.117. The third kappa shape index (κ3) is 3.53. The van der Waals surface area contributed by atoms with Crippen LogP contribution in [0.1, 0.15) is 16.8 Å². The summed E-state index contributed by atoms with van der Waals surface area (Å²) in [6.07, 6.45) is 0.400. The second-order valence-corrected chi connectivity index (χ2v) is 6.55. The third-order valence-corrected chi connectivity index (χ3v) is 4.78. The molecule has 1 N–H and O–H groups in total. The first-order valence-electron chi connectivity index (χ1n) is 8.76. The number of hydrogen-bond donors (Lipinski definition) is 1. The second kappa shape index (κ2) is 7.19. The highest BCUT2D eigenvalue weighted by molar-refractivity contribution is 5.97. The molecule has 0 saturated carbocycles. The van der Waals surface area contributed by atoms with Crippen molar-refractivity contribution in [2.45, 2.75) is 6.42 Å². The van der Waals surface area contributed by atoms with Crippen LogP contribution in [0, 0.1) is 5.92 Å². The summed E-state index contributed by atoms with van der Waals surface area (Å²) in [5.74, 6) is 1.98. The molecule has 1 atom stereocenters. The third-order valence-electron chi connectivity index (χ3n) is 4.78. The van der Waals surface area contributed by atoms with E-state index in [1.165, 1.54) is 0 Å². The first-order valence-corrected chi connectivity index (χ1v) is 8.76. The molecule has 1 unspecified atom stereocenters. The van der Waals surface area contributed by atoms with Gasteiger partial charge >= 0.3 is 0 Å². The van der Waals surface area contributed by atoms with E-state index in [0.717, 1.165) is 5.69 Å². The molecule has 2 amide bonds. The zero-order chi connectivity index (χ0) is 18.8. The molecular formula is C20H20N2O5.